The summed E-state index contributed by atoms with van der Waals surface area (Å²) in [6.45, 7) is 4.55. The second kappa shape index (κ2) is 9.51. The molecule has 6 heteroatoms. The molecule has 0 spiro atoms. The highest BCUT2D eigenvalue weighted by molar-refractivity contribution is 8.77. The summed E-state index contributed by atoms with van der Waals surface area (Å²) in [6, 6.07) is 0. The molecule has 0 aromatic heterocycles. The maximum absolute atomic E-state index is 10.5. The largest absolute Gasteiger partial charge is 0.359 e. The normalized spacial score (nSPS) is 14.7. The first-order chi connectivity index (χ1) is 6.78. The van der Waals surface area contributed by atoms with Crippen molar-refractivity contribution in [3.8, 4) is 0 Å². The number of carbonyl (C=O) groups is 2. The highest BCUT2D eigenvalue weighted by Gasteiger charge is 2.13. The molecule has 0 heterocycles. The predicted octanol–water partition coefficient (Wildman–Crippen LogP) is 1.49. The van der Waals surface area contributed by atoms with Crippen molar-refractivity contribution in [2.75, 3.05) is 13.2 Å². The molecule has 0 fully saturated rings. The van der Waals surface area contributed by atoms with Crippen LogP contribution in [0.2, 0.25) is 0 Å². The molecule has 0 saturated carbocycles. The van der Waals surface area contributed by atoms with E-state index < -0.39 is 10.9 Å². The molecule has 82 valence electrons. The number of aldehydes is 2. The van der Waals surface area contributed by atoms with Crippen molar-refractivity contribution in [2.45, 2.75) is 24.7 Å². The molecular formula is C8H14O4S2. The molecule has 2 atom stereocenters. The Morgan fingerprint density at radius 3 is 1.57 bits per heavy atom. The van der Waals surface area contributed by atoms with Gasteiger partial charge in [-0.1, -0.05) is 21.6 Å². The van der Waals surface area contributed by atoms with Crippen molar-refractivity contribution >= 4 is 34.2 Å². The number of hydrogen-bond donors (Lipinski definition) is 0. The van der Waals surface area contributed by atoms with Crippen LogP contribution in [0.5, 0.6) is 0 Å². The molecule has 14 heavy (non-hydrogen) atoms. The minimum atomic E-state index is -0.534. The molecule has 0 aliphatic rings. The number of carbonyl (C=O) groups excluding carboxylic acids is 2. The second-order valence-corrected chi connectivity index (χ2v) is 4.58. The van der Waals surface area contributed by atoms with Crippen LogP contribution in [-0.2, 0) is 19.1 Å². The quantitative estimate of drug-likeness (QED) is 0.344. The van der Waals surface area contributed by atoms with E-state index in [1.807, 2.05) is 13.8 Å². The maximum atomic E-state index is 10.5. The molecule has 0 bridgehead atoms. The SMILES string of the molecule is CCOC(C=O)SSC(C=O)OCC. The van der Waals surface area contributed by atoms with Gasteiger partial charge in [-0.25, -0.2) is 0 Å². The van der Waals surface area contributed by atoms with Crippen LogP contribution in [0.25, 0.3) is 0 Å². The molecule has 4 nitrogen and oxygen atoms in total. The van der Waals surface area contributed by atoms with E-state index in [1.165, 1.54) is 21.6 Å². The molecule has 0 rings (SSSR count). The second-order valence-electron chi connectivity index (χ2n) is 2.11. The van der Waals surface area contributed by atoms with Crippen molar-refractivity contribution in [1.29, 1.82) is 0 Å². The van der Waals surface area contributed by atoms with Crippen LogP contribution in [0.4, 0.5) is 0 Å². The average Bonchev–Trinajstić information content (AvgIpc) is 2.22. The van der Waals surface area contributed by atoms with Crippen molar-refractivity contribution < 1.29 is 19.1 Å². The molecule has 0 saturated heterocycles. The van der Waals surface area contributed by atoms with Gasteiger partial charge in [-0.05, 0) is 13.8 Å². The van der Waals surface area contributed by atoms with Gasteiger partial charge in [0.1, 0.15) is 0 Å². The standard InChI is InChI=1S/C8H14O4S2/c1-3-11-7(5-9)13-14-8(6-10)12-4-2/h5-8H,3-4H2,1-2H3. The smallest absolute Gasteiger partial charge is 0.168 e. The first-order valence-corrected chi connectivity index (χ1v) is 6.52. The maximum Gasteiger partial charge on any atom is 0.168 e. The van der Waals surface area contributed by atoms with Crippen LogP contribution >= 0.6 is 21.6 Å². The van der Waals surface area contributed by atoms with Gasteiger partial charge < -0.3 is 9.47 Å². The van der Waals surface area contributed by atoms with Gasteiger partial charge in [0.25, 0.3) is 0 Å². The third-order valence-electron chi connectivity index (χ3n) is 1.13. The molecule has 0 amide bonds. The lowest BCUT2D eigenvalue weighted by Crippen LogP contribution is -2.12. The lowest BCUT2D eigenvalue weighted by molar-refractivity contribution is -0.114. The first-order valence-electron chi connectivity index (χ1n) is 4.24. The molecular weight excluding hydrogens is 224 g/mol. The fraction of sp³-hybridized carbons (Fsp3) is 0.750. The number of rotatable bonds is 9. The summed E-state index contributed by atoms with van der Waals surface area (Å²) < 4.78 is 10.1. The van der Waals surface area contributed by atoms with Crippen LogP contribution in [0, 0.1) is 0 Å². The van der Waals surface area contributed by atoms with E-state index in [0.717, 1.165) is 0 Å². The van der Waals surface area contributed by atoms with Gasteiger partial charge in [0.2, 0.25) is 0 Å². The lowest BCUT2D eigenvalue weighted by atomic mass is 10.8. The van der Waals surface area contributed by atoms with Gasteiger partial charge >= 0.3 is 0 Å². The summed E-state index contributed by atoms with van der Waals surface area (Å²) in [5, 5.41) is 0. The minimum absolute atomic E-state index is 0.470. The molecule has 2 unspecified atom stereocenters. The molecule has 0 radical (unpaired) electrons. The van der Waals surface area contributed by atoms with E-state index in [-0.39, 0.29) is 0 Å². The van der Waals surface area contributed by atoms with E-state index in [4.69, 9.17) is 9.47 Å². The Morgan fingerprint density at radius 1 is 1.00 bits per heavy atom. The average molecular weight is 238 g/mol. The van der Waals surface area contributed by atoms with Crippen LogP contribution in [-0.4, -0.2) is 36.7 Å². The summed E-state index contributed by atoms with van der Waals surface area (Å²) in [4.78, 5) is 20.9. The van der Waals surface area contributed by atoms with Crippen LogP contribution < -0.4 is 0 Å². The Morgan fingerprint density at radius 2 is 1.36 bits per heavy atom. The molecule has 0 N–H and O–H groups in total. The highest BCUT2D eigenvalue weighted by atomic mass is 33.1. The fourth-order valence-electron chi connectivity index (χ4n) is 0.618. The van der Waals surface area contributed by atoms with Crippen LogP contribution in [0.15, 0.2) is 0 Å². The van der Waals surface area contributed by atoms with Gasteiger partial charge in [-0.15, -0.1) is 0 Å². The lowest BCUT2D eigenvalue weighted by Gasteiger charge is -2.12. The van der Waals surface area contributed by atoms with Crippen molar-refractivity contribution in [2.24, 2.45) is 0 Å². The number of ether oxygens (including phenoxy) is 2. The minimum Gasteiger partial charge on any atom is -0.359 e. The third-order valence-corrected chi connectivity index (χ3v) is 3.59. The third kappa shape index (κ3) is 6.42. The Hall–Kier alpha value is -0.0400. The highest BCUT2D eigenvalue weighted by Crippen LogP contribution is 2.30. The summed E-state index contributed by atoms with van der Waals surface area (Å²) in [6.07, 6.45) is 1.41. The van der Waals surface area contributed by atoms with Gasteiger partial charge in [-0.2, -0.15) is 0 Å². The molecule has 0 aliphatic carbocycles. The van der Waals surface area contributed by atoms with Crippen molar-refractivity contribution in [3.05, 3.63) is 0 Å². The zero-order valence-corrected chi connectivity index (χ0v) is 9.81. The summed E-state index contributed by atoms with van der Waals surface area (Å²) in [7, 11) is 2.38. The zero-order chi connectivity index (χ0) is 10.8. The Bertz CT molecular complexity index is 147. The topological polar surface area (TPSA) is 52.6 Å². The van der Waals surface area contributed by atoms with Crippen molar-refractivity contribution in [1.82, 2.24) is 0 Å². The van der Waals surface area contributed by atoms with E-state index >= 15 is 0 Å². The molecule has 0 aromatic rings. The fourth-order valence-corrected chi connectivity index (χ4v) is 2.57. The van der Waals surface area contributed by atoms with Gasteiger partial charge in [0.05, 0.1) is 0 Å². The van der Waals surface area contributed by atoms with Gasteiger partial charge in [-0.3, -0.25) is 9.59 Å². The van der Waals surface area contributed by atoms with E-state index in [0.29, 0.717) is 25.8 Å². The van der Waals surface area contributed by atoms with Gasteiger partial charge in [0.15, 0.2) is 23.4 Å². The summed E-state index contributed by atoms with van der Waals surface area (Å²) in [5.41, 5.74) is -1.07. The monoisotopic (exact) mass is 238 g/mol. The summed E-state index contributed by atoms with van der Waals surface area (Å²) >= 11 is 0. The summed E-state index contributed by atoms with van der Waals surface area (Å²) in [5.74, 6) is 0. The Labute approximate surface area is 91.5 Å². The van der Waals surface area contributed by atoms with Crippen molar-refractivity contribution in [3.63, 3.8) is 0 Å². The van der Waals surface area contributed by atoms with Crippen LogP contribution in [0.3, 0.4) is 0 Å². The van der Waals surface area contributed by atoms with E-state index in [9.17, 15) is 9.59 Å². The molecule has 0 aliphatic heterocycles. The van der Waals surface area contributed by atoms with E-state index in [2.05, 4.69) is 0 Å². The zero-order valence-electron chi connectivity index (χ0n) is 8.17. The number of hydrogen-bond acceptors (Lipinski definition) is 6. The molecule has 0 aromatic carbocycles. The predicted molar refractivity (Wildman–Crippen MR) is 58.1 cm³/mol. The van der Waals surface area contributed by atoms with Gasteiger partial charge in [0, 0.05) is 13.2 Å². The Balaban J connectivity index is 3.74. The first kappa shape index (κ1) is 14.0. The Kier molecular flexibility index (Phi) is 9.49. The van der Waals surface area contributed by atoms with Crippen LogP contribution in [0.1, 0.15) is 13.8 Å². The van der Waals surface area contributed by atoms with E-state index in [1.54, 1.807) is 0 Å².